The first-order valence-electron chi connectivity index (χ1n) is 5.20. The zero-order valence-corrected chi connectivity index (χ0v) is 9.23. The van der Waals surface area contributed by atoms with Crippen molar-refractivity contribution in [3.8, 4) is 5.75 Å². The third kappa shape index (κ3) is 1.56. The van der Waals surface area contributed by atoms with Gasteiger partial charge in [0, 0.05) is 6.54 Å². The molecule has 16 heavy (non-hydrogen) atoms. The van der Waals surface area contributed by atoms with Gasteiger partial charge in [-0.15, -0.1) is 0 Å². The Bertz CT molecular complexity index is 465. The zero-order chi connectivity index (χ0) is 11.9. The highest BCUT2D eigenvalue weighted by Crippen LogP contribution is 2.26. The van der Waals surface area contributed by atoms with Gasteiger partial charge in [-0.05, 0) is 24.1 Å². The van der Waals surface area contributed by atoms with Crippen molar-refractivity contribution in [2.75, 3.05) is 6.54 Å². The van der Waals surface area contributed by atoms with Crippen molar-refractivity contribution in [2.24, 2.45) is 5.92 Å². The standard InChI is InChI=1S/C12H13NO3/c1-7(2)6-13-11(15)9-4-3-8(14)5-10(9)12(13)16/h3-5,7,14H,6H2,1-2H3. The van der Waals surface area contributed by atoms with E-state index >= 15 is 0 Å². The smallest absolute Gasteiger partial charge is 0.261 e. The number of phenolic OH excluding ortho intramolecular Hbond substituents is 1. The van der Waals surface area contributed by atoms with Crippen molar-refractivity contribution in [3.63, 3.8) is 0 Å². The number of aromatic hydroxyl groups is 1. The number of amides is 2. The molecule has 1 aliphatic rings. The van der Waals surface area contributed by atoms with Gasteiger partial charge in [0.15, 0.2) is 0 Å². The third-order valence-corrected chi connectivity index (χ3v) is 2.50. The number of benzene rings is 1. The lowest BCUT2D eigenvalue weighted by Gasteiger charge is -2.15. The number of fused-ring (bicyclic) bond motifs is 1. The average Bonchev–Trinajstić information content (AvgIpc) is 2.43. The van der Waals surface area contributed by atoms with E-state index in [9.17, 15) is 14.7 Å². The van der Waals surface area contributed by atoms with Crippen molar-refractivity contribution in [1.82, 2.24) is 4.90 Å². The molecule has 84 valence electrons. The molecule has 0 atom stereocenters. The summed E-state index contributed by atoms with van der Waals surface area (Å²) >= 11 is 0. The summed E-state index contributed by atoms with van der Waals surface area (Å²) in [5.74, 6) is -0.347. The van der Waals surface area contributed by atoms with Gasteiger partial charge in [0.25, 0.3) is 11.8 Å². The maximum Gasteiger partial charge on any atom is 0.261 e. The summed E-state index contributed by atoms with van der Waals surface area (Å²) in [5, 5.41) is 9.29. The summed E-state index contributed by atoms with van der Waals surface area (Å²) in [6.07, 6.45) is 0. The molecule has 0 aliphatic carbocycles. The van der Waals surface area contributed by atoms with Gasteiger partial charge < -0.3 is 5.11 Å². The second-order valence-electron chi connectivity index (χ2n) is 4.34. The highest BCUT2D eigenvalue weighted by molar-refractivity contribution is 6.21. The predicted octanol–water partition coefficient (Wildman–Crippen LogP) is 1.64. The van der Waals surface area contributed by atoms with Crippen LogP contribution >= 0.6 is 0 Å². The Morgan fingerprint density at radius 2 is 1.81 bits per heavy atom. The molecule has 0 bridgehead atoms. The molecule has 0 unspecified atom stereocenters. The summed E-state index contributed by atoms with van der Waals surface area (Å²) in [6, 6.07) is 4.25. The quantitative estimate of drug-likeness (QED) is 0.769. The van der Waals surface area contributed by atoms with Crippen molar-refractivity contribution in [1.29, 1.82) is 0 Å². The van der Waals surface area contributed by atoms with Crippen LogP contribution in [0.15, 0.2) is 18.2 Å². The van der Waals surface area contributed by atoms with E-state index in [2.05, 4.69) is 0 Å². The molecule has 1 aliphatic heterocycles. The minimum Gasteiger partial charge on any atom is -0.508 e. The number of rotatable bonds is 2. The van der Waals surface area contributed by atoms with E-state index in [0.29, 0.717) is 17.7 Å². The van der Waals surface area contributed by atoms with Crippen LogP contribution in [0.1, 0.15) is 34.6 Å². The molecule has 0 spiro atoms. The maximum atomic E-state index is 11.9. The van der Waals surface area contributed by atoms with Crippen LogP contribution in [0.3, 0.4) is 0 Å². The SMILES string of the molecule is CC(C)CN1C(=O)c2ccc(O)cc2C1=O. The van der Waals surface area contributed by atoms with Crippen molar-refractivity contribution >= 4 is 11.8 Å². The minimum atomic E-state index is -0.315. The van der Waals surface area contributed by atoms with Crippen molar-refractivity contribution in [3.05, 3.63) is 29.3 Å². The number of hydrogen-bond acceptors (Lipinski definition) is 3. The Morgan fingerprint density at radius 1 is 1.19 bits per heavy atom. The van der Waals surface area contributed by atoms with Gasteiger partial charge in [-0.1, -0.05) is 13.8 Å². The fraction of sp³-hybridized carbons (Fsp3) is 0.333. The third-order valence-electron chi connectivity index (χ3n) is 2.50. The largest absolute Gasteiger partial charge is 0.508 e. The molecule has 0 fully saturated rings. The number of imide groups is 1. The van der Waals surface area contributed by atoms with Crippen LogP contribution in [0.5, 0.6) is 5.75 Å². The Morgan fingerprint density at radius 3 is 2.44 bits per heavy atom. The molecule has 4 heteroatoms. The van der Waals surface area contributed by atoms with Crippen LogP contribution < -0.4 is 0 Å². The maximum absolute atomic E-state index is 11.9. The van der Waals surface area contributed by atoms with Gasteiger partial charge in [0.2, 0.25) is 0 Å². The Kier molecular flexibility index (Phi) is 2.42. The molecule has 1 heterocycles. The Balaban J connectivity index is 2.40. The molecule has 2 amide bonds. The normalized spacial score (nSPS) is 14.8. The van der Waals surface area contributed by atoms with Crippen LogP contribution in [-0.2, 0) is 0 Å². The van der Waals surface area contributed by atoms with Crippen LogP contribution in [0, 0.1) is 5.92 Å². The molecule has 1 aromatic rings. The van der Waals surface area contributed by atoms with Gasteiger partial charge in [0.05, 0.1) is 11.1 Å². The molecular weight excluding hydrogens is 206 g/mol. The molecular formula is C12H13NO3. The van der Waals surface area contributed by atoms with E-state index in [1.807, 2.05) is 13.8 Å². The Labute approximate surface area is 93.5 Å². The van der Waals surface area contributed by atoms with Crippen molar-refractivity contribution < 1.29 is 14.7 Å². The van der Waals surface area contributed by atoms with E-state index in [0.717, 1.165) is 0 Å². The van der Waals surface area contributed by atoms with Crippen LogP contribution in [0.25, 0.3) is 0 Å². The van der Waals surface area contributed by atoms with Gasteiger partial charge >= 0.3 is 0 Å². The summed E-state index contributed by atoms with van der Waals surface area (Å²) in [5.41, 5.74) is 0.675. The molecule has 0 radical (unpaired) electrons. The molecule has 1 aromatic carbocycles. The zero-order valence-electron chi connectivity index (χ0n) is 9.23. The number of carbonyl (C=O) groups excluding carboxylic acids is 2. The average molecular weight is 219 g/mol. The van der Waals surface area contributed by atoms with Crippen LogP contribution in [-0.4, -0.2) is 28.4 Å². The minimum absolute atomic E-state index is 0.00583. The summed E-state index contributed by atoms with van der Waals surface area (Å²) < 4.78 is 0. The fourth-order valence-electron chi connectivity index (χ4n) is 1.81. The molecule has 1 N–H and O–H groups in total. The summed E-state index contributed by atoms with van der Waals surface area (Å²) in [4.78, 5) is 25.0. The Hall–Kier alpha value is -1.84. The number of phenols is 1. The molecule has 0 aromatic heterocycles. The van der Waals surface area contributed by atoms with E-state index in [1.54, 1.807) is 0 Å². The highest BCUT2D eigenvalue weighted by Gasteiger charge is 2.35. The monoisotopic (exact) mass is 219 g/mol. The van der Waals surface area contributed by atoms with E-state index in [-0.39, 0.29) is 23.5 Å². The lowest BCUT2D eigenvalue weighted by molar-refractivity contribution is 0.0636. The van der Waals surface area contributed by atoms with E-state index in [1.165, 1.54) is 23.1 Å². The first-order valence-corrected chi connectivity index (χ1v) is 5.20. The second kappa shape index (κ2) is 3.63. The first kappa shape index (κ1) is 10.7. The summed E-state index contributed by atoms with van der Waals surface area (Å²) in [7, 11) is 0. The molecule has 4 nitrogen and oxygen atoms in total. The van der Waals surface area contributed by atoms with E-state index in [4.69, 9.17) is 0 Å². The first-order chi connectivity index (χ1) is 7.50. The highest BCUT2D eigenvalue weighted by atomic mass is 16.3. The number of hydrogen-bond donors (Lipinski definition) is 1. The van der Waals surface area contributed by atoms with Gasteiger partial charge in [-0.3, -0.25) is 14.5 Å². The van der Waals surface area contributed by atoms with E-state index < -0.39 is 0 Å². The second-order valence-corrected chi connectivity index (χ2v) is 4.34. The molecule has 0 saturated carbocycles. The lowest BCUT2D eigenvalue weighted by atomic mass is 10.1. The van der Waals surface area contributed by atoms with Crippen molar-refractivity contribution in [2.45, 2.75) is 13.8 Å². The molecule has 2 rings (SSSR count). The number of nitrogens with zero attached hydrogens (tertiary/aromatic N) is 1. The van der Waals surface area contributed by atoms with Gasteiger partial charge in [0.1, 0.15) is 5.75 Å². The topological polar surface area (TPSA) is 57.6 Å². The van der Waals surface area contributed by atoms with Gasteiger partial charge in [-0.25, -0.2) is 0 Å². The lowest BCUT2D eigenvalue weighted by Crippen LogP contribution is -2.33. The fourth-order valence-corrected chi connectivity index (χ4v) is 1.81. The summed E-state index contributed by atoms with van der Waals surface area (Å²) in [6.45, 7) is 4.30. The van der Waals surface area contributed by atoms with Gasteiger partial charge in [-0.2, -0.15) is 0 Å². The van der Waals surface area contributed by atoms with Crippen LogP contribution in [0.2, 0.25) is 0 Å². The predicted molar refractivity (Wildman–Crippen MR) is 58.3 cm³/mol. The van der Waals surface area contributed by atoms with Crippen LogP contribution in [0.4, 0.5) is 0 Å². The molecule has 0 saturated heterocycles. The number of carbonyl (C=O) groups is 2.